The molecule has 0 aromatic heterocycles. The third-order valence-electron chi connectivity index (χ3n) is 2.55. The van der Waals surface area contributed by atoms with Gasteiger partial charge in [0.1, 0.15) is 12.5 Å². The molecule has 0 saturated carbocycles. The van der Waals surface area contributed by atoms with E-state index in [4.69, 9.17) is 0 Å². The second kappa shape index (κ2) is 4.40. The van der Waals surface area contributed by atoms with Gasteiger partial charge in [0, 0.05) is 18.1 Å². The zero-order chi connectivity index (χ0) is 12.4. The van der Waals surface area contributed by atoms with Crippen LogP contribution in [0.25, 0.3) is 0 Å². The lowest BCUT2D eigenvalue weighted by Gasteiger charge is -2.19. The van der Waals surface area contributed by atoms with Gasteiger partial charge < -0.3 is 0 Å². The quantitative estimate of drug-likeness (QED) is 0.640. The molecular weight excluding hydrogens is 220 g/mol. The lowest BCUT2D eigenvalue weighted by atomic mass is 10.2. The first-order valence-electron chi connectivity index (χ1n) is 5.41. The van der Waals surface area contributed by atoms with Crippen LogP contribution in [0.4, 0.5) is 11.4 Å². The van der Waals surface area contributed by atoms with E-state index >= 15 is 0 Å². The van der Waals surface area contributed by atoms with E-state index in [1.807, 2.05) is 5.01 Å². The predicted octanol–water partition coefficient (Wildman–Crippen LogP) is 1.93. The van der Waals surface area contributed by atoms with Gasteiger partial charge in [0.15, 0.2) is 0 Å². The van der Waals surface area contributed by atoms with Crippen molar-refractivity contribution in [2.45, 2.75) is 13.8 Å². The van der Waals surface area contributed by atoms with Gasteiger partial charge in [0.05, 0.1) is 10.6 Å². The van der Waals surface area contributed by atoms with Crippen LogP contribution in [-0.4, -0.2) is 17.4 Å². The summed E-state index contributed by atoms with van der Waals surface area (Å²) >= 11 is 0. The lowest BCUT2D eigenvalue weighted by Crippen LogP contribution is -2.37. The van der Waals surface area contributed by atoms with Crippen molar-refractivity contribution in [2.75, 3.05) is 11.7 Å². The maximum atomic E-state index is 10.5. The van der Waals surface area contributed by atoms with Crippen molar-refractivity contribution >= 4 is 17.2 Å². The van der Waals surface area contributed by atoms with Crippen molar-refractivity contribution in [3.8, 4) is 0 Å². The van der Waals surface area contributed by atoms with E-state index in [0.29, 0.717) is 12.6 Å². The minimum Gasteiger partial charge on any atom is -0.283 e. The SMILES string of the molecule is CC(C)C1=NCN(c2ccc([N+](=O)[O-])cc2)N1. The molecule has 0 spiro atoms. The molecular formula is C11H14N4O2. The van der Waals surface area contributed by atoms with Crippen molar-refractivity contribution in [3.05, 3.63) is 34.4 Å². The summed E-state index contributed by atoms with van der Waals surface area (Å²) in [5.41, 5.74) is 4.13. The molecule has 90 valence electrons. The van der Waals surface area contributed by atoms with Crippen LogP contribution in [0.15, 0.2) is 29.3 Å². The van der Waals surface area contributed by atoms with Gasteiger partial charge in [-0.2, -0.15) is 0 Å². The number of nitro groups is 1. The summed E-state index contributed by atoms with van der Waals surface area (Å²) in [7, 11) is 0. The fraction of sp³-hybridized carbons (Fsp3) is 0.364. The first-order chi connectivity index (χ1) is 8.08. The molecule has 0 atom stereocenters. The highest BCUT2D eigenvalue weighted by atomic mass is 16.6. The van der Waals surface area contributed by atoms with Gasteiger partial charge in [-0.15, -0.1) is 0 Å². The van der Waals surface area contributed by atoms with Crippen LogP contribution in [-0.2, 0) is 0 Å². The van der Waals surface area contributed by atoms with Crippen LogP contribution in [0.1, 0.15) is 13.8 Å². The highest BCUT2D eigenvalue weighted by Crippen LogP contribution is 2.20. The molecule has 1 aliphatic heterocycles. The van der Waals surface area contributed by atoms with Crippen molar-refractivity contribution < 1.29 is 4.92 Å². The molecule has 2 rings (SSSR count). The molecule has 0 saturated heterocycles. The van der Waals surface area contributed by atoms with Gasteiger partial charge in [0.2, 0.25) is 0 Å². The van der Waals surface area contributed by atoms with Crippen molar-refractivity contribution in [1.29, 1.82) is 0 Å². The van der Waals surface area contributed by atoms with Crippen molar-refractivity contribution in [1.82, 2.24) is 5.43 Å². The van der Waals surface area contributed by atoms with E-state index < -0.39 is 4.92 Å². The zero-order valence-electron chi connectivity index (χ0n) is 9.75. The summed E-state index contributed by atoms with van der Waals surface area (Å²) in [6.07, 6.45) is 0. The fourth-order valence-corrected chi connectivity index (χ4v) is 1.57. The van der Waals surface area contributed by atoms with Gasteiger partial charge in [-0.05, 0) is 12.1 Å². The molecule has 0 radical (unpaired) electrons. The standard InChI is InChI=1S/C11H14N4O2/c1-8(2)11-12-7-14(13-11)9-3-5-10(6-4-9)15(16)17/h3-6,8H,7H2,1-2H3,(H,12,13). The van der Waals surface area contributed by atoms with Crippen molar-refractivity contribution in [3.63, 3.8) is 0 Å². The third kappa shape index (κ3) is 2.35. The number of hydrazine groups is 1. The number of nitrogens with zero attached hydrogens (tertiary/aromatic N) is 3. The predicted molar refractivity (Wildman–Crippen MR) is 65.9 cm³/mol. The largest absolute Gasteiger partial charge is 0.283 e. The lowest BCUT2D eigenvalue weighted by molar-refractivity contribution is -0.384. The maximum Gasteiger partial charge on any atom is 0.269 e. The molecule has 6 nitrogen and oxygen atoms in total. The Bertz CT molecular complexity index is 453. The summed E-state index contributed by atoms with van der Waals surface area (Å²) in [5.74, 6) is 1.28. The maximum absolute atomic E-state index is 10.5. The third-order valence-corrected chi connectivity index (χ3v) is 2.55. The number of amidine groups is 1. The number of anilines is 1. The number of hydrogen-bond acceptors (Lipinski definition) is 5. The number of nitrogens with one attached hydrogen (secondary N) is 1. The highest BCUT2D eigenvalue weighted by molar-refractivity contribution is 5.87. The Labute approximate surface area is 99.1 Å². The van der Waals surface area contributed by atoms with Gasteiger partial charge in [-0.25, -0.2) is 4.99 Å². The molecule has 0 amide bonds. The van der Waals surface area contributed by atoms with Crippen LogP contribution in [0.3, 0.4) is 0 Å². The smallest absolute Gasteiger partial charge is 0.269 e. The Morgan fingerprint density at radius 3 is 2.53 bits per heavy atom. The van der Waals surface area contributed by atoms with E-state index in [2.05, 4.69) is 24.3 Å². The summed E-state index contributed by atoms with van der Waals surface area (Å²) in [6, 6.07) is 6.41. The summed E-state index contributed by atoms with van der Waals surface area (Å²) in [5, 5.41) is 12.4. The Morgan fingerprint density at radius 1 is 1.41 bits per heavy atom. The van der Waals surface area contributed by atoms with E-state index in [-0.39, 0.29) is 5.69 Å². The Balaban J connectivity index is 2.08. The molecule has 0 aliphatic carbocycles. The van der Waals surface area contributed by atoms with Crippen LogP contribution < -0.4 is 10.4 Å². The van der Waals surface area contributed by atoms with E-state index in [1.54, 1.807) is 12.1 Å². The Kier molecular flexibility index (Phi) is 2.95. The number of hydrogen-bond donors (Lipinski definition) is 1. The number of aliphatic imine (C=N–C) groups is 1. The average Bonchev–Trinajstić information content (AvgIpc) is 2.78. The van der Waals surface area contributed by atoms with Gasteiger partial charge >= 0.3 is 0 Å². The first kappa shape index (κ1) is 11.4. The molecule has 1 aromatic carbocycles. The molecule has 1 N–H and O–H groups in total. The molecule has 0 unspecified atom stereocenters. The topological polar surface area (TPSA) is 70.8 Å². The van der Waals surface area contributed by atoms with Gasteiger partial charge in [0.25, 0.3) is 5.69 Å². The Hall–Kier alpha value is -2.11. The molecule has 17 heavy (non-hydrogen) atoms. The molecule has 0 fully saturated rings. The second-order valence-electron chi connectivity index (χ2n) is 4.15. The van der Waals surface area contributed by atoms with Crippen LogP contribution in [0, 0.1) is 16.0 Å². The zero-order valence-corrected chi connectivity index (χ0v) is 9.75. The molecule has 1 aromatic rings. The normalized spacial score (nSPS) is 14.8. The molecule has 0 bridgehead atoms. The number of nitro benzene ring substituents is 1. The molecule has 1 aliphatic rings. The van der Waals surface area contributed by atoms with Crippen LogP contribution >= 0.6 is 0 Å². The number of rotatable bonds is 3. The summed E-state index contributed by atoms with van der Waals surface area (Å²) in [4.78, 5) is 14.5. The monoisotopic (exact) mass is 234 g/mol. The molecule has 1 heterocycles. The molecule has 6 heteroatoms. The van der Waals surface area contributed by atoms with Gasteiger partial charge in [-0.3, -0.25) is 20.5 Å². The second-order valence-corrected chi connectivity index (χ2v) is 4.15. The minimum atomic E-state index is -0.406. The Morgan fingerprint density at radius 2 is 2.06 bits per heavy atom. The highest BCUT2D eigenvalue weighted by Gasteiger charge is 2.17. The minimum absolute atomic E-state index is 0.0953. The average molecular weight is 234 g/mol. The van der Waals surface area contributed by atoms with E-state index in [9.17, 15) is 10.1 Å². The summed E-state index contributed by atoms with van der Waals surface area (Å²) in [6.45, 7) is 4.65. The van der Waals surface area contributed by atoms with E-state index in [1.165, 1.54) is 12.1 Å². The first-order valence-corrected chi connectivity index (χ1v) is 5.41. The fourth-order valence-electron chi connectivity index (χ4n) is 1.57. The van der Waals surface area contributed by atoms with Crippen LogP contribution in [0.5, 0.6) is 0 Å². The number of non-ortho nitro benzene ring substituents is 1. The van der Waals surface area contributed by atoms with E-state index in [0.717, 1.165) is 11.5 Å². The van der Waals surface area contributed by atoms with Gasteiger partial charge in [-0.1, -0.05) is 13.8 Å². The van der Waals surface area contributed by atoms with Crippen LogP contribution in [0.2, 0.25) is 0 Å². The number of benzene rings is 1. The summed E-state index contributed by atoms with van der Waals surface area (Å²) < 4.78 is 0. The van der Waals surface area contributed by atoms with Crippen molar-refractivity contribution in [2.24, 2.45) is 10.9 Å².